The topological polar surface area (TPSA) is 46.8 Å². The van der Waals surface area contributed by atoms with Crippen LogP contribution in [-0.4, -0.2) is 28.9 Å². The number of ether oxygens (including phenoxy) is 1. The second-order valence-electron chi connectivity index (χ2n) is 7.17. The molecule has 2 aromatic carbocycles. The molecule has 0 N–H and O–H groups in total. The van der Waals surface area contributed by atoms with Gasteiger partial charge in [-0.2, -0.15) is 0 Å². The normalized spacial score (nSPS) is 11.0. The number of para-hydroxylation sites is 1. The zero-order valence-corrected chi connectivity index (χ0v) is 18.3. The maximum Gasteiger partial charge on any atom is 0.270 e. The molecule has 154 valence electrons. The summed E-state index contributed by atoms with van der Waals surface area (Å²) in [5.41, 5.74) is 3.76. The van der Waals surface area contributed by atoms with E-state index >= 15 is 0 Å². The summed E-state index contributed by atoms with van der Waals surface area (Å²) in [6, 6.07) is 17.7. The molecule has 0 saturated heterocycles. The van der Waals surface area contributed by atoms with Crippen molar-refractivity contribution in [2.45, 2.75) is 26.7 Å². The highest BCUT2D eigenvalue weighted by atomic mass is 32.1. The number of amides is 1. The van der Waals surface area contributed by atoms with Crippen molar-refractivity contribution < 1.29 is 9.53 Å². The van der Waals surface area contributed by atoms with Crippen molar-refractivity contribution in [2.24, 2.45) is 0 Å². The van der Waals surface area contributed by atoms with E-state index in [0.29, 0.717) is 6.54 Å². The van der Waals surface area contributed by atoms with Gasteiger partial charge in [-0.15, -0.1) is 0 Å². The smallest absolute Gasteiger partial charge is 0.270 e. The van der Waals surface area contributed by atoms with Gasteiger partial charge in [-0.25, -0.2) is 4.98 Å². The van der Waals surface area contributed by atoms with Crippen molar-refractivity contribution in [3.05, 3.63) is 71.4 Å². The van der Waals surface area contributed by atoms with Gasteiger partial charge in [0.1, 0.15) is 10.6 Å². The van der Waals surface area contributed by atoms with Crippen LogP contribution in [0.1, 0.15) is 35.1 Å². The fourth-order valence-electron chi connectivity index (χ4n) is 3.44. The van der Waals surface area contributed by atoms with Crippen LogP contribution in [0.4, 0.5) is 5.69 Å². The lowest BCUT2D eigenvalue weighted by Crippen LogP contribution is -2.31. The van der Waals surface area contributed by atoms with E-state index < -0.39 is 0 Å². The van der Waals surface area contributed by atoms with Crippen LogP contribution in [0.15, 0.2) is 60.8 Å². The Morgan fingerprint density at radius 3 is 2.50 bits per heavy atom. The van der Waals surface area contributed by atoms with Crippen LogP contribution >= 0.6 is 11.3 Å². The molecule has 0 atom stereocenters. The number of aromatic nitrogens is 2. The first kappa shape index (κ1) is 20.2. The highest BCUT2D eigenvalue weighted by Crippen LogP contribution is 2.30. The number of imidazole rings is 1. The number of methoxy groups -OCH3 is 1. The zero-order chi connectivity index (χ0) is 21.1. The highest BCUT2D eigenvalue weighted by molar-refractivity contribution is 7.19. The minimum Gasteiger partial charge on any atom is -0.497 e. The third-order valence-electron chi connectivity index (χ3n) is 5.19. The average molecular weight is 420 g/mol. The van der Waals surface area contributed by atoms with Crippen LogP contribution in [0.3, 0.4) is 0 Å². The van der Waals surface area contributed by atoms with Gasteiger partial charge in [-0.3, -0.25) is 9.20 Å². The summed E-state index contributed by atoms with van der Waals surface area (Å²) in [5, 5.41) is 0. The average Bonchev–Trinajstić information content (AvgIpc) is 3.34. The molecule has 0 unspecified atom stereocenters. The van der Waals surface area contributed by atoms with Gasteiger partial charge in [-0.1, -0.05) is 42.9 Å². The molecule has 6 heteroatoms. The molecule has 5 nitrogen and oxygen atoms in total. The largest absolute Gasteiger partial charge is 0.497 e. The molecule has 0 aliphatic heterocycles. The van der Waals surface area contributed by atoms with E-state index in [-0.39, 0.29) is 5.91 Å². The fraction of sp³-hybridized carbons (Fsp3) is 0.250. The molecule has 0 aliphatic rings. The molecule has 0 spiro atoms. The summed E-state index contributed by atoms with van der Waals surface area (Å²) < 4.78 is 7.25. The first-order valence-electron chi connectivity index (χ1n) is 10.1. The van der Waals surface area contributed by atoms with Crippen molar-refractivity contribution >= 4 is 27.9 Å². The number of nitrogens with zero attached hydrogens (tertiary/aromatic N) is 3. The highest BCUT2D eigenvalue weighted by Gasteiger charge is 2.24. The number of aryl methyl sites for hydroxylation is 1. The van der Waals surface area contributed by atoms with E-state index in [9.17, 15) is 4.79 Å². The molecule has 2 heterocycles. The Morgan fingerprint density at radius 1 is 1.13 bits per heavy atom. The molecule has 4 rings (SSSR count). The lowest BCUT2D eigenvalue weighted by Gasteiger charge is -2.22. The summed E-state index contributed by atoms with van der Waals surface area (Å²) in [4.78, 5) is 21.7. The molecular weight excluding hydrogens is 394 g/mol. The number of thiazole rings is 1. The van der Waals surface area contributed by atoms with Gasteiger partial charge in [0.25, 0.3) is 5.91 Å². The minimum atomic E-state index is 0.0358. The Bertz CT molecular complexity index is 1150. The first-order valence-corrected chi connectivity index (χ1v) is 10.9. The van der Waals surface area contributed by atoms with E-state index in [2.05, 4.69) is 6.92 Å². The Morgan fingerprint density at radius 2 is 1.87 bits per heavy atom. The summed E-state index contributed by atoms with van der Waals surface area (Å²) >= 11 is 1.45. The second kappa shape index (κ2) is 8.71. The van der Waals surface area contributed by atoms with Crippen LogP contribution in [0, 0.1) is 6.92 Å². The molecular formula is C24H25N3O2S. The Balaban J connectivity index is 1.67. The van der Waals surface area contributed by atoms with Crippen LogP contribution < -0.4 is 9.64 Å². The number of unbranched alkanes of at least 4 members (excludes halogenated alkanes) is 1. The van der Waals surface area contributed by atoms with Gasteiger partial charge in [0.2, 0.25) is 0 Å². The van der Waals surface area contributed by atoms with Crippen LogP contribution in [0.25, 0.3) is 16.2 Å². The van der Waals surface area contributed by atoms with Crippen molar-refractivity contribution in [1.82, 2.24) is 9.38 Å². The molecule has 30 heavy (non-hydrogen) atoms. The number of hydrogen-bond donors (Lipinski definition) is 0. The van der Waals surface area contributed by atoms with E-state index in [0.717, 1.165) is 51.1 Å². The lowest BCUT2D eigenvalue weighted by atomic mass is 10.2. The molecule has 0 bridgehead atoms. The number of benzene rings is 2. The van der Waals surface area contributed by atoms with Gasteiger partial charge in [0.05, 0.1) is 12.8 Å². The molecule has 0 aliphatic carbocycles. The Hall–Kier alpha value is -3.12. The van der Waals surface area contributed by atoms with E-state index in [4.69, 9.17) is 9.72 Å². The zero-order valence-electron chi connectivity index (χ0n) is 17.5. The predicted octanol–water partition coefficient (Wildman–Crippen LogP) is 5.83. The van der Waals surface area contributed by atoms with Crippen molar-refractivity contribution in [2.75, 3.05) is 18.6 Å². The van der Waals surface area contributed by atoms with E-state index in [1.165, 1.54) is 11.3 Å². The van der Waals surface area contributed by atoms with Gasteiger partial charge in [0.15, 0.2) is 4.96 Å². The van der Waals surface area contributed by atoms with Crippen molar-refractivity contribution in [1.29, 1.82) is 0 Å². The van der Waals surface area contributed by atoms with Gasteiger partial charge in [0, 0.05) is 29.7 Å². The predicted molar refractivity (Wildman–Crippen MR) is 123 cm³/mol. The third-order valence-corrected chi connectivity index (χ3v) is 6.33. The van der Waals surface area contributed by atoms with E-state index in [1.807, 2.05) is 77.0 Å². The molecule has 2 aromatic heterocycles. The van der Waals surface area contributed by atoms with E-state index in [1.54, 1.807) is 7.11 Å². The monoisotopic (exact) mass is 419 g/mol. The molecule has 1 amide bonds. The number of carbonyl (C=O) groups excluding carboxylic acids is 1. The summed E-state index contributed by atoms with van der Waals surface area (Å²) in [7, 11) is 1.66. The summed E-state index contributed by atoms with van der Waals surface area (Å²) in [6.07, 6.45) is 4.00. The van der Waals surface area contributed by atoms with Crippen LogP contribution in [0.2, 0.25) is 0 Å². The third kappa shape index (κ3) is 3.83. The Labute approximate surface area is 180 Å². The molecule has 0 saturated carbocycles. The SMILES string of the molecule is CCCCN(C(=O)c1sc2nc(-c3ccc(OC)cc3)cn2c1C)c1ccccc1. The number of fused-ring (bicyclic) bond motifs is 1. The Kier molecular flexibility index (Phi) is 5.86. The second-order valence-corrected chi connectivity index (χ2v) is 8.15. The van der Waals surface area contributed by atoms with Gasteiger partial charge < -0.3 is 9.64 Å². The summed E-state index contributed by atoms with van der Waals surface area (Å²) in [5.74, 6) is 0.852. The molecule has 4 aromatic rings. The standard InChI is InChI=1S/C24H25N3O2S/c1-4-5-15-26(19-9-7-6-8-10-19)23(28)22-17(2)27-16-21(25-24(27)30-22)18-11-13-20(29-3)14-12-18/h6-14,16H,4-5,15H2,1-3H3. The fourth-order valence-corrected chi connectivity index (χ4v) is 4.50. The van der Waals surface area contributed by atoms with Crippen molar-refractivity contribution in [3.8, 4) is 17.0 Å². The minimum absolute atomic E-state index is 0.0358. The quantitative estimate of drug-likeness (QED) is 0.379. The van der Waals surface area contributed by atoms with Gasteiger partial charge in [-0.05, 0) is 49.7 Å². The molecule has 0 fully saturated rings. The van der Waals surface area contributed by atoms with Crippen LogP contribution in [0.5, 0.6) is 5.75 Å². The van der Waals surface area contributed by atoms with Crippen LogP contribution in [-0.2, 0) is 0 Å². The number of hydrogen-bond acceptors (Lipinski definition) is 4. The van der Waals surface area contributed by atoms with Gasteiger partial charge >= 0.3 is 0 Å². The lowest BCUT2D eigenvalue weighted by molar-refractivity contribution is 0.0989. The maximum absolute atomic E-state index is 13.4. The molecule has 0 radical (unpaired) electrons. The maximum atomic E-state index is 13.4. The number of rotatable bonds is 7. The van der Waals surface area contributed by atoms with Crippen molar-refractivity contribution in [3.63, 3.8) is 0 Å². The number of carbonyl (C=O) groups is 1. The number of anilines is 1. The summed E-state index contributed by atoms with van der Waals surface area (Å²) in [6.45, 7) is 4.83. The first-order chi connectivity index (χ1) is 14.6.